The minimum absolute atomic E-state index is 0.155. The van der Waals surface area contributed by atoms with Crippen LogP contribution in [0.5, 0.6) is 0 Å². The Kier molecular flexibility index (Phi) is 3.77. The van der Waals surface area contributed by atoms with Gasteiger partial charge < -0.3 is 4.90 Å². The molecule has 0 spiro atoms. The molecule has 1 aromatic rings. The van der Waals surface area contributed by atoms with Gasteiger partial charge in [-0.05, 0) is 44.2 Å². The van der Waals surface area contributed by atoms with E-state index in [0.717, 1.165) is 36.9 Å². The molecular weight excluding hydrogens is 212 g/mol. The number of amides is 1. The molecule has 1 atom stereocenters. The molecule has 1 saturated heterocycles. The zero-order chi connectivity index (χ0) is 12.3. The van der Waals surface area contributed by atoms with Gasteiger partial charge in [0.2, 0.25) is 0 Å². The first kappa shape index (κ1) is 12.1. The summed E-state index contributed by atoms with van der Waals surface area (Å²) in [6, 6.07) is 2.31. The van der Waals surface area contributed by atoms with Gasteiger partial charge in [0.1, 0.15) is 0 Å². The Labute approximate surface area is 103 Å². The third kappa shape index (κ3) is 2.48. The van der Waals surface area contributed by atoms with Gasteiger partial charge in [-0.25, -0.2) is 0 Å². The lowest BCUT2D eigenvalue weighted by Gasteiger charge is -2.35. The van der Waals surface area contributed by atoms with Crippen LogP contribution in [0, 0.1) is 6.92 Å². The van der Waals surface area contributed by atoms with E-state index in [2.05, 4.69) is 11.9 Å². The van der Waals surface area contributed by atoms with Crippen molar-refractivity contribution in [1.82, 2.24) is 9.88 Å². The Morgan fingerprint density at radius 1 is 1.53 bits per heavy atom. The highest BCUT2D eigenvalue weighted by atomic mass is 16.2. The molecule has 0 aromatic carbocycles. The zero-order valence-corrected chi connectivity index (χ0v) is 10.6. The molecule has 0 bridgehead atoms. The molecule has 17 heavy (non-hydrogen) atoms. The van der Waals surface area contributed by atoms with E-state index in [1.54, 1.807) is 12.4 Å². The number of piperidine rings is 1. The molecule has 92 valence electrons. The van der Waals surface area contributed by atoms with Crippen LogP contribution in [0.15, 0.2) is 18.5 Å². The predicted octanol–water partition coefficient (Wildman–Crippen LogP) is 2.79. The Balaban J connectivity index is 2.21. The number of hydrogen-bond acceptors (Lipinski definition) is 2. The molecule has 2 rings (SSSR count). The molecule has 0 saturated carbocycles. The summed E-state index contributed by atoms with van der Waals surface area (Å²) in [5.41, 5.74) is 1.78. The van der Waals surface area contributed by atoms with Gasteiger partial charge in [0.15, 0.2) is 0 Å². The second-order valence-corrected chi connectivity index (χ2v) is 4.75. The van der Waals surface area contributed by atoms with E-state index in [-0.39, 0.29) is 5.91 Å². The third-order valence-electron chi connectivity index (χ3n) is 3.63. The normalized spacial score (nSPS) is 20.4. The van der Waals surface area contributed by atoms with Gasteiger partial charge >= 0.3 is 0 Å². The van der Waals surface area contributed by atoms with Gasteiger partial charge in [0, 0.05) is 25.0 Å². The smallest absolute Gasteiger partial charge is 0.255 e. The van der Waals surface area contributed by atoms with Crippen LogP contribution in [-0.4, -0.2) is 28.4 Å². The van der Waals surface area contributed by atoms with Crippen molar-refractivity contribution in [2.75, 3.05) is 6.54 Å². The lowest BCUT2D eigenvalue weighted by molar-refractivity contribution is 0.0607. The highest BCUT2D eigenvalue weighted by Crippen LogP contribution is 2.22. The molecule has 1 fully saturated rings. The van der Waals surface area contributed by atoms with Crippen molar-refractivity contribution in [3.8, 4) is 0 Å². The number of carbonyl (C=O) groups excluding carboxylic acids is 1. The van der Waals surface area contributed by atoms with Crippen LogP contribution in [0.1, 0.15) is 48.5 Å². The quantitative estimate of drug-likeness (QED) is 0.785. The number of hydrogen-bond donors (Lipinski definition) is 0. The Morgan fingerprint density at radius 2 is 2.35 bits per heavy atom. The summed E-state index contributed by atoms with van der Waals surface area (Å²) < 4.78 is 0. The standard InChI is InChI=1S/C14H20N2O/c1-3-12-6-4-5-9-16(12)14(17)13-10-15-8-7-11(13)2/h7-8,10,12H,3-6,9H2,1-2H3. The first-order valence-corrected chi connectivity index (χ1v) is 6.45. The first-order valence-electron chi connectivity index (χ1n) is 6.45. The summed E-state index contributed by atoms with van der Waals surface area (Å²) >= 11 is 0. The van der Waals surface area contributed by atoms with Crippen molar-refractivity contribution < 1.29 is 4.79 Å². The molecule has 3 heteroatoms. The summed E-state index contributed by atoms with van der Waals surface area (Å²) in [5, 5.41) is 0. The van der Waals surface area contributed by atoms with Crippen LogP contribution in [0.4, 0.5) is 0 Å². The summed E-state index contributed by atoms with van der Waals surface area (Å²) in [6.07, 6.45) is 7.99. The molecule has 0 N–H and O–H groups in total. The lowest BCUT2D eigenvalue weighted by Crippen LogP contribution is -2.43. The predicted molar refractivity (Wildman–Crippen MR) is 67.9 cm³/mol. The zero-order valence-electron chi connectivity index (χ0n) is 10.6. The van der Waals surface area contributed by atoms with Gasteiger partial charge in [-0.3, -0.25) is 9.78 Å². The average Bonchev–Trinajstić information content (AvgIpc) is 2.38. The summed E-state index contributed by atoms with van der Waals surface area (Å²) in [5.74, 6) is 0.155. The highest BCUT2D eigenvalue weighted by Gasteiger charge is 2.26. The number of aryl methyl sites for hydroxylation is 1. The fourth-order valence-electron chi connectivity index (χ4n) is 2.54. The number of likely N-dealkylation sites (tertiary alicyclic amines) is 1. The van der Waals surface area contributed by atoms with Gasteiger partial charge in [0.05, 0.1) is 5.56 Å². The maximum Gasteiger partial charge on any atom is 0.255 e. The topological polar surface area (TPSA) is 33.2 Å². The van der Waals surface area contributed by atoms with E-state index >= 15 is 0 Å². The molecule has 2 heterocycles. The Hall–Kier alpha value is -1.38. The largest absolute Gasteiger partial charge is 0.336 e. The lowest BCUT2D eigenvalue weighted by atomic mass is 9.98. The number of carbonyl (C=O) groups is 1. The number of rotatable bonds is 2. The van der Waals surface area contributed by atoms with Gasteiger partial charge in [-0.2, -0.15) is 0 Å². The minimum atomic E-state index is 0.155. The van der Waals surface area contributed by atoms with Crippen molar-refractivity contribution in [1.29, 1.82) is 0 Å². The van der Waals surface area contributed by atoms with Crippen molar-refractivity contribution >= 4 is 5.91 Å². The molecule has 1 aliphatic heterocycles. The summed E-state index contributed by atoms with van der Waals surface area (Å²) in [4.78, 5) is 18.6. The summed E-state index contributed by atoms with van der Waals surface area (Å²) in [7, 11) is 0. The molecule has 0 radical (unpaired) electrons. The fourth-order valence-corrected chi connectivity index (χ4v) is 2.54. The van der Waals surface area contributed by atoms with Crippen molar-refractivity contribution in [2.24, 2.45) is 0 Å². The Bertz CT molecular complexity index is 403. The van der Waals surface area contributed by atoms with Crippen LogP contribution in [-0.2, 0) is 0 Å². The van der Waals surface area contributed by atoms with E-state index < -0.39 is 0 Å². The van der Waals surface area contributed by atoms with Crippen molar-refractivity contribution in [2.45, 2.75) is 45.6 Å². The molecule has 3 nitrogen and oxygen atoms in total. The first-order chi connectivity index (χ1) is 8.24. The van der Waals surface area contributed by atoms with Gasteiger partial charge in [-0.1, -0.05) is 6.92 Å². The molecular formula is C14H20N2O. The maximum atomic E-state index is 12.5. The number of nitrogens with zero attached hydrogens (tertiary/aromatic N) is 2. The number of aromatic nitrogens is 1. The van der Waals surface area contributed by atoms with Gasteiger partial charge in [0.25, 0.3) is 5.91 Å². The number of pyridine rings is 1. The van der Waals surface area contributed by atoms with Crippen LogP contribution in [0.25, 0.3) is 0 Å². The monoisotopic (exact) mass is 232 g/mol. The third-order valence-corrected chi connectivity index (χ3v) is 3.63. The van der Waals surface area contributed by atoms with E-state index in [1.165, 1.54) is 6.42 Å². The van der Waals surface area contributed by atoms with E-state index in [1.807, 2.05) is 17.9 Å². The maximum absolute atomic E-state index is 12.5. The average molecular weight is 232 g/mol. The SMILES string of the molecule is CCC1CCCCN1C(=O)c1cnccc1C. The molecule has 0 aliphatic carbocycles. The molecule has 1 unspecified atom stereocenters. The van der Waals surface area contributed by atoms with E-state index in [4.69, 9.17) is 0 Å². The van der Waals surface area contributed by atoms with Crippen molar-refractivity contribution in [3.05, 3.63) is 29.6 Å². The summed E-state index contributed by atoms with van der Waals surface area (Å²) in [6.45, 7) is 5.03. The second kappa shape index (κ2) is 5.30. The fraction of sp³-hybridized carbons (Fsp3) is 0.571. The molecule has 1 aliphatic rings. The van der Waals surface area contributed by atoms with Crippen molar-refractivity contribution in [3.63, 3.8) is 0 Å². The molecule has 1 aromatic heterocycles. The van der Waals surface area contributed by atoms with Crippen LogP contribution in [0.3, 0.4) is 0 Å². The minimum Gasteiger partial charge on any atom is -0.336 e. The van der Waals surface area contributed by atoms with E-state index in [9.17, 15) is 4.79 Å². The highest BCUT2D eigenvalue weighted by molar-refractivity contribution is 5.95. The van der Waals surface area contributed by atoms with Crippen LogP contribution in [0.2, 0.25) is 0 Å². The van der Waals surface area contributed by atoms with Crippen LogP contribution < -0.4 is 0 Å². The van der Waals surface area contributed by atoms with E-state index in [0.29, 0.717) is 6.04 Å². The Morgan fingerprint density at radius 3 is 3.06 bits per heavy atom. The molecule has 1 amide bonds. The van der Waals surface area contributed by atoms with Crippen LogP contribution >= 0.6 is 0 Å². The second-order valence-electron chi connectivity index (χ2n) is 4.75. The van der Waals surface area contributed by atoms with Gasteiger partial charge in [-0.15, -0.1) is 0 Å².